The molecule has 2 rings (SSSR count). The second-order valence-electron chi connectivity index (χ2n) is 3.90. The molecule has 0 bridgehead atoms. The van der Waals surface area contributed by atoms with Crippen molar-refractivity contribution in [3.63, 3.8) is 0 Å². The van der Waals surface area contributed by atoms with E-state index in [4.69, 9.17) is 5.26 Å². The standard InChI is InChI=1S/C10H14N4/c1-14-4-2-8(3-5-14)10-6-9(7-11)12-13-10/h6,8H,2-5H2,1H3,(H,12,13). The topological polar surface area (TPSA) is 55.7 Å². The number of nitrogens with zero attached hydrogens (tertiary/aromatic N) is 3. The molecule has 0 atom stereocenters. The summed E-state index contributed by atoms with van der Waals surface area (Å²) in [5.74, 6) is 0.556. The van der Waals surface area contributed by atoms with Crippen molar-refractivity contribution in [3.8, 4) is 6.07 Å². The lowest BCUT2D eigenvalue weighted by Crippen LogP contribution is -2.29. The van der Waals surface area contributed by atoms with Crippen molar-refractivity contribution in [2.45, 2.75) is 18.8 Å². The second-order valence-corrected chi connectivity index (χ2v) is 3.90. The van der Waals surface area contributed by atoms with Crippen molar-refractivity contribution in [2.75, 3.05) is 20.1 Å². The van der Waals surface area contributed by atoms with Gasteiger partial charge in [0.15, 0.2) is 5.69 Å². The van der Waals surface area contributed by atoms with E-state index in [1.807, 2.05) is 12.1 Å². The molecule has 0 unspecified atom stereocenters. The van der Waals surface area contributed by atoms with E-state index in [0.29, 0.717) is 11.6 Å². The predicted octanol–water partition coefficient (Wildman–Crippen LogP) is 1.09. The van der Waals surface area contributed by atoms with Crippen molar-refractivity contribution in [1.29, 1.82) is 5.26 Å². The molecule has 14 heavy (non-hydrogen) atoms. The van der Waals surface area contributed by atoms with Gasteiger partial charge in [0.25, 0.3) is 0 Å². The maximum Gasteiger partial charge on any atom is 0.162 e. The van der Waals surface area contributed by atoms with Gasteiger partial charge in [0.1, 0.15) is 6.07 Å². The van der Waals surface area contributed by atoms with Crippen molar-refractivity contribution >= 4 is 0 Å². The van der Waals surface area contributed by atoms with Crippen molar-refractivity contribution in [3.05, 3.63) is 17.5 Å². The van der Waals surface area contributed by atoms with Crippen LogP contribution in [0.5, 0.6) is 0 Å². The van der Waals surface area contributed by atoms with Crippen LogP contribution in [-0.2, 0) is 0 Å². The Hall–Kier alpha value is -1.34. The third-order valence-corrected chi connectivity index (χ3v) is 2.87. The van der Waals surface area contributed by atoms with Gasteiger partial charge in [-0.1, -0.05) is 0 Å². The van der Waals surface area contributed by atoms with Crippen LogP contribution < -0.4 is 0 Å². The smallest absolute Gasteiger partial charge is 0.162 e. The van der Waals surface area contributed by atoms with Crippen molar-refractivity contribution < 1.29 is 0 Å². The summed E-state index contributed by atoms with van der Waals surface area (Å²) < 4.78 is 0. The minimum Gasteiger partial charge on any atom is -0.306 e. The van der Waals surface area contributed by atoms with E-state index in [2.05, 4.69) is 22.1 Å². The summed E-state index contributed by atoms with van der Waals surface area (Å²) in [6.45, 7) is 2.26. The summed E-state index contributed by atoms with van der Waals surface area (Å²) in [6, 6.07) is 3.91. The third-order valence-electron chi connectivity index (χ3n) is 2.87. The lowest BCUT2D eigenvalue weighted by molar-refractivity contribution is 0.253. The van der Waals surface area contributed by atoms with Crippen LogP contribution >= 0.6 is 0 Å². The molecule has 1 aliphatic heterocycles. The first-order chi connectivity index (χ1) is 6.79. The molecule has 0 aromatic carbocycles. The number of hydrogen-bond acceptors (Lipinski definition) is 3. The van der Waals surface area contributed by atoms with Crippen LogP contribution in [0.4, 0.5) is 0 Å². The molecule has 1 aromatic heterocycles. The largest absolute Gasteiger partial charge is 0.306 e. The molecule has 1 aromatic rings. The number of likely N-dealkylation sites (tertiary alicyclic amines) is 1. The third kappa shape index (κ3) is 1.78. The van der Waals surface area contributed by atoms with E-state index in [1.54, 1.807) is 0 Å². The molecular formula is C10H14N4. The van der Waals surface area contributed by atoms with Gasteiger partial charge in [0, 0.05) is 11.6 Å². The Morgan fingerprint density at radius 2 is 2.29 bits per heavy atom. The zero-order valence-corrected chi connectivity index (χ0v) is 8.32. The molecule has 2 heterocycles. The first kappa shape index (κ1) is 9.22. The van der Waals surface area contributed by atoms with Gasteiger partial charge in [0.05, 0.1) is 0 Å². The molecule has 1 aliphatic rings. The molecular weight excluding hydrogens is 176 g/mol. The van der Waals surface area contributed by atoms with E-state index in [9.17, 15) is 0 Å². The molecule has 1 fully saturated rings. The lowest BCUT2D eigenvalue weighted by atomic mass is 9.94. The Balaban J connectivity index is 2.05. The van der Waals surface area contributed by atoms with Crippen LogP contribution in [0.25, 0.3) is 0 Å². The SMILES string of the molecule is CN1CCC(c2cc(C#N)n[nH]2)CC1. The number of aromatic amines is 1. The molecule has 0 spiro atoms. The van der Waals surface area contributed by atoms with Crippen LogP contribution in [0.2, 0.25) is 0 Å². The average molecular weight is 190 g/mol. The fourth-order valence-electron chi connectivity index (χ4n) is 1.92. The molecule has 0 saturated carbocycles. The monoisotopic (exact) mass is 190 g/mol. The lowest BCUT2D eigenvalue weighted by Gasteiger charge is -2.27. The van der Waals surface area contributed by atoms with E-state index >= 15 is 0 Å². The van der Waals surface area contributed by atoms with Gasteiger partial charge in [-0.2, -0.15) is 10.4 Å². The van der Waals surface area contributed by atoms with Crippen LogP contribution in [0, 0.1) is 11.3 Å². The van der Waals surface area contributed by atoms with Gasteiger partial charge in [-0.25, -0.2) is 0 Å². The molecule has 0 radical (unpaired) electrons. The van der Waals surface area contributed by atoms with Gasteiger partial charge >= 0.3 is 0 Å². The first-order valence-corrected chi connectivity index (χ1v) is 4.93. The van der Waals surface area contributed by atoms with Gasteiger partial charge in [-0.3, -0.25) is 5.10 Å². The Morgan fingerprint density at radius 3 is 2.86 bits per heavy atom. The van der Waals surface area contributed by atoms with Crippen LogP contribution in [0.15, 0.2) is 6.07 Å². The van der Waals surface area contributed by atoms with Gasteiger partial charge < -0.3 is 4.90 Å². The average Bonchev–Trinajstić information content (AvgIpc) is 2.67. The van der Waals surface area contributed by atoms with Gasteiger partial charge in [-0.05, 0) is 39.0 Å². The first-order valence-electron chi connectivity index (χ1n) is 4.93. The minimum atomic E-state index is 0.499. The second kappa shape index (κ2) is 3.81. The van der Waals surface area contributed by atoms with Gasteiger partial charge in [0.2, 0.25) is 0 Å². The zero-order chi connectivity index (χ0) is 9.97. The quantitative estimate of drug-likeness (QED) is 0.721. The molecule has 74 valence electrons. The Kier molecular flexibility index (Phi) is 2.51. The fourth-order valence-corrected chi connectivity index (χ4v) is 1.92. The normalized spacial score (nSPS) is 19.4. The number of H-pyrrole nitrogens is 1. The summed E-state index contributed by atoms with van der Waals surface area (Å²) in [5.41, 5.74) is 1.62. The summed E-state index contributed by atoms with van der Waals surface area (Å²) in [7, 11) is 2.14. The Labute approximate surface area is 83.5 Å². The highest BCUT2D eigenvalue weighted by Gasteiger charge is 2.19. The van der Waals surface area contributed by atoms with E-state index < -0.39 is 0 Å². The summed E-state index contributed by atoms with van der Waals surface area (Å²) >= 11 is 0. The molecule has 0 amide bonds. The zero-order valence-electron chi connectivity index (χ0n) is 8.32. The highest BCUT2D eigenvalue weighted by atomic mass is 15.1. The van der Waals surface area contributed by atoms with E-state index in [1.165, 1.54) is 0 Å². The number of nitriles is 1. The Morgan fingerprint density at radius 1 is 1.57 bits per heavy atom. The van der Waals surface area contributed by atoms with E-state index in [0.717, 1.165) is 31.6 Å². The molecule has 4 heteroatoms. The maximum atomic E-state index is 8.65. The fraction of sp³-hybridized carbons (Fsp3) is 0.600. The molecule has 0 aliphatic carbocycles. The minimum absolute atomic E-state index is 0.499. The van der Waals surface area contributed by atoms with Crippen LogP contribution in [0.3, 0.4) is 0 Å². The highest BCUT2D eigenvalue weighted by Crippen LogP contribution is 2.25. The highest BCUT2D eigenvalue weighted by molar-refractivity contribution is 5.23. The maximum absolute atomic E-state index is 8.65. The molecule has 1 saturated heterocycles. The van der Waals surface area contributed by atoms with E-state index in [-0.39, 0.29) is 0 Å². The summed E-state index contributed by atoms with van der Waals surface area (Å²) in [6.07, 6.45) is 2.31. The summed E-state index contributed by atoms with van der Waals surface area (Å²) in [4.78, 5) is 2.33. The number of aromatic nitrogens is 2. The number of nitrogens with one attached hydrogen (secondary N) is 1. The number of piperidine rings is 1. The van der Waals surface area contributed by atoms with Gasteiger partial charge in [-0.15, -0.1) is 0 Å². The number of rotatable bonds is 1. The Bertz CT molecular complexity index is 341. The summed E-state index contributed by atoms with van der Waals surface area (Å²) in [5, 5.41) is 15.5. The number of hydrogen-bond donors (Lipinski definition) is 1. The van der Waals surface area contributed by atoms with Crippen molar-refractivity contribution in [1.82, 2.24) is 15.1 Å². The molecule has 1 N–H and O–H groups in total. The van der Waals surface area contributed by atoms with Crippen LogP contribution in [0.1, 0.15) is 30.1 Å². The molecule has 4 nitrogen and oxygen atoms in total. The van der Waals surface area contributed by atoms with Crippen LogP contribution in [-0.4, -0.2) is 35.2 Å². The van der Waals surface area contributed by atoms with Crippen molar-refractivity contribution in [2.24, 2.45) is 0 Å². The predicted molar refractivity (Wildman–Crippen MR) is 52.8 cm³/mol.